The summed E-state index contributed by atoms with van der Waals surface area (Å²) < 4.78 is 31.4. The summed E-state index contributed by atoms with van der Waals surface area (Å²) in [7, 11) is 0. The van der Waals surface area contributed by atoms with Crippen molar-refractivity contribution in [1.82, 2.24) is 10.6 Å². The van der Waals surface area contributed by atoms with E-state index in [4.69, 9.17) is 4.74 Å². The van der Waals surface area contributed by atoms with Gasteiger partial charge in [0.25, 0.3) is 5.91 Å². The summed E-state index contributed by atoms with van der Waals surface area (Å²) in [6.45, 7) is 3.66. The monoisotopic (exact) mass is 368 g/mol. The number of halogens is 3. The molecule has 0 spiro atoms. The van der Waals surface area contributed by atoms with Gasteiger partial charge in [-0.05, 0) is 35.7 Å². The topological polar surface area (TPSA) is 50.4 Å². The number of hydrogen-bond acceptors (Lipinski definition) is 3. The molecule has 1 atom stereocenters. The van der Waals surface area contributed by atoms with Gasteiger partial charge in [0.1, 0.15) is 5.75 Å². The van der Waals surface area contributed by atoms with Crippen molar-refractivity contribution in [2.75, 3.05) is 0 Å². The minimum Gasteiger partial charge on any atom is -0.481 e. The predicted octanol–water partition coefficient (Wildman–Crippen LogP) is 3.07. The zero-order valence-corrected chi connectivity index (χ0v) is 14.5. The number of rotatable bonds is 5. The van der Waals surface area contributed by atoms with Gasteiger partial charge in [0, 0.05) is 25.7 Å². The summed E-state index contributed by atoms with van der Waals surface area (Å²) in [5, 5.41) is 6.05. The fourth-order valence-corrected chi connectivity index (χ4v) is 2.60. The molecule has 0 saturated heterocycles. The van der Waals surface area contributed by atoms with Crippen LogP contribution in [0.1, 0.15) is 23.6 Å². The maximum Gasteiger partial charge on any atom is 0.261 e. The number of hydrogen-bond donors (Lipinski definition) is 2. The van der Waals surface area contributed by atoms with Crippen molar-refractivity contribution in [3.63, 3.8) is 0 Å². The van der Waals surface area contributed by atoms with Crippen LogP contribution >= 0.6 is 12.4 Å². The zero-order valence-electron chi connectivity index (χ0n) is 13.6. The molecule has 0 aromatic heterocycles. The third-order valence-corrected chi connectivity index (χ3v) is 3.94. The lowest BCUT2D eigenvalue weighted by molar-refractivity contribution is -0.127. The van der Waals surface area contributed by atoms with Gasteiger partial charge in [0.15, 0.2) is 17.7 Å². The van der Waals surface area contributed by atoms with Crippen LogP contribution in [0, 0.1) is 11.6 Å². The van der Waals surface area contributed by atoms with E-state index in [9.17, 15) is 13.6 Å². The van der Waals surface area contributed by atoms with Crippen LogP contribution in [0.15, 0.2) is 36.4 Å². The van der Waals surface area contributed by atoms with Crippen molar-refractivity contribution < 1.29 is 18.3 Å². The van der Waals surface area contributed by atoms with E-state index in [2.05, 4.69) is 22.8 Å². The molecule has 2 aromatic rings. The van der Waals surface area contributed by atoms with Crippen LogP contribution in [0.3, 0.4) is 0 Å². The maximum atomic E-state index is 13.1. The molecule has 0 aliphatic carbocycles. The maximum absolute atomic E-state index is 13.1. The second-order valence-electron chi connectivity index (χ2n) is 5.76. The van der Waals surface area contributed by atoms with Crippen molar-refractivity contribution in [3.8, 4) is 5.75 Å². The molecule has 0 fully saturated rings. The van der Waals surface area contributed by atoms with Crippen LogP contribution in [0.5, 0.6) is 5.75 Å². The third kappa shape index (κ3) is 4.67. The van der Waals surface area contributed by atoms with Crippen molar-refractivity contribution >= 4 is 18.3 Å². The number of nitrogens with one attached hydrogen (secondary N) is 2. The van der Waals surface area contributed by atoms with E-state index in [1.807, 2.05) is 6.07 Å². The van der Waals surface area contributed by atoms with Gasteiger partial charge in [-0.1, -0.05) is 18.2 Å². The van der Waals surface area contributed by atoms with Crippen molar-refractivity contribution in [1.29, 1.82) is 0 Å². The number of carbonyl (C=O) groups excluding carboxylic acids is 1. The summed E-state index contributed by atoms with van der Waals surface area (Å²) in [6.07, 6.45) is -0.814. The van der Waals surface area contributed by atoms with E-state index >= 15 is 0 Å². The van der Waals surface area contributed by atoms with E-state index in [1.54, 1.807) is 6.92 Å². The van der Waals surface area contributed by atoms with E-state index in [0.717, 1.165) is 30.8 Å². The Morgan fingerprint density at radius 2 is 1.92 bits per heavy atom. The predicted molar refractivity (Wildman–Crippen MR) is 92.5 cm³/mol. The Kier molecular flexibility index (Phi) is 6.33. The Bertz CT molecular complexity index is 771. The van der Waals surface area contributed by atoms with Crippen LogP contribution in [-0.2, 0) is 24.4 Å². The molecule has 2 aromatic carbocycles. The summed E-state index contributed by atoms with van der Waals surface area (Å²) in [4.78, 5) is 12.1. The lowest BCUT2D eigenvalue weighted by Gasteiger charge is -2.15. The first-order chi connectivity index (χ1) is 11.5. The number of ether oxygens (including phenoxy) is 1. The molecule has 2 N–H and O–H groups in total. The van der Waals surface area contributed by atoms with E-state index in [1.165, 1.54) is 17.2 Å². The minimum absolute atomic E-state index is 0. The SMILES string of the molecule is CC(Oc1ccc(F)c(F)c1)C(=O)NCc1ccc2c(c1)CNC2.Cl. The van der Waals surface area contributed by atoms with Crippen LogP contribution in [-0.4, -0.2) is 12.0 Å². The Hall–Kier alpha value is -2.18. The number of benzene rings is 2. The average Bonchev–Trinajstić information content (AvgIpc) is 3.03. The van der Waals surface area contributed by atoms with Crippen molar-refractivity contribution in [2.45, 2.75) is 32.7 Å². The Balaban J connectivity index is 0.00000225. The molecular weight excluding hydrogens is 350 g/mol. The summed E-state index contributed by atoms with van der Waals surface area (Å²) >= 11 is 0. The van der Waals surface area contributed by atoms with Crippen LogP contribution in [0.2, 0.25) is 0 Å². The second-order valence-corrected chi connectivity index (χ2v) is 5.76. The Morgan fingerprint density at radius 1 is 1.16 bits per heavy atom. The van der Waals surface area contributed by atoms with Crippen molar-refractivity contribution in [2.24, 2.45) is 0 Å². The van der Waals surface area contributed by atoms with Crippen LogP contribution in [0.25, 0.3) is 0 Å². The lowest BCUT2D eigenvalue weighted by atomic mass is 10.1. The van der Waals surface area contributed by atoms with Gasteiger partial charge in [0.2, 0.25) is 0 Å². The van der Waals surface area contributed by atoms with Gasteiger partial charge in [-0.15, -0.1) is 12.4 Å². The molecule has 0 bridgehead atoms. The Morgan fingerprint density at radius 3 is 2.68 bits per heavy atom. The summed E-state index contributed by atoms with van der Waals surface area (Å²) in [5.74, 6) is -2.17. The van der Waals surface area contributed by atoms with Gasteiger partial charge >= 0.3 is 0 Å². The molecule has 4 nitrogen and oxygen atoms in total. The van der Waals surface area contributed by atoms with Gasteiger partial charge in [-0.3, -0.25) is 4.79 Å². The highest BCUT2D eigenvalue weighted by Crippen LogP contribution is 2.18. The highest BCUT2D eigenvalue weighted by atomic mass is 35.5. The average molecular weight is 369 g/mol. The fourth-order valence-electron chi connectivity index (χ4n) is 2.60. The van der Waals surface area contributed by atoms with E-state index in [-0.39, 0.29) is 24.1 Å². The van der Waals surface area contributed by atoms with Gasteiger partial charge < -0.3 is 15.4 Å². The van der Waals surface area contributed by atoms with Crippen molar-refractivity contribution in [3.05, 3.63) is 64.7 Å². The Labute approximate surface area is 151 Å². The molecule has 0 saturated carbocycles. The fraction of sp³-hybridized carbons (Fsp3) is 0.278. The molecule has 1 amide bonds. The number of carbonyl (C=O) groups is 1. The largest absolute Gasteiger partial charge is 0.481 e. The molecule has 134 valence electrons. The van der Waals surface area contributed by atoms with Gasteiger partial charge in [-0.2, -0.15) is 0 Å². The first kappa shape index (κ1) is 19.1. The smallest absolute Gasteiger partial charge is 0.261 e. The van der Waals surface area contributed by atoms with E-state index < -0.39 is 17.7 Å². The van der Waals surface area contributed by atoms with Gasteiger partial charge in [0.05, 0.1) is 0 Å². The van der Waals surface area contributed by atoms with Crippen LogP contribution < -0.4 is 15.4 Å². The normalized spacial score (nSPS) is 13.6. The lowest BCUT2D eigenvalue weighted by Crippen LogP contribution is -2.35. The molecular formula is C18H19ClF2N2O2. The molecule has 0 radical (unpaired) electrons. The molecule has 1 aliphatic heterocycles. The quantitative estimate of drug-likeness (QED) is 0.852. The molecule has 3 rings (SSSR count). The molecule has 25 heavy (non-hydrogen) atoms. The molecule has 1 heterocycles. The first-order valence-electron chi connectivity index (χ1n) is 7.74. The molecule has 1 aliphatic rings. The zero-order chi connectivity index (χ0) is 17.1. The summed E-state index contributed by atoms with van der Waals surface area (Å²) in [6, 6.07) is 9.28. The third-order valence-electron chi connectivity index (χ3n) is 3.94. The highest BCUT2D eigenvalue weighted by Gasteiger charge is 2.16. The molecule has 7 heteroatoms. The minimum atomic E-state index is -1.01. The number of fused-ring (bicyclic) bond motifs is 1. The second kappa shape index (κ2) is 8.27. The van der Waals surface area contributed by atoms with Crippen LogP contribution in [0.4, 0.5) is 8.78 Å². The summed E-state index contributed by atoms with van der Waals surface area (Å²) in [5.41, 5.74) is 3.53. The van der Waals surface area contributed by atoms with Gasteiger partial charge in [-0.25, -0.2) is 8.78 Å². The van der Waals surface area contributed by atoms with E-state index in [0.29, 0.717) is 6.54 Å². The number of amides is 1. The first-order valence-corrected chi connectivity index (χ1v) is 7.74. The highest BCUT2D eigenvalue weighted by molar-refractivity contribution is 5.85. The molecule has 1 unspecified atom stereocenters. The standard InChI is InChI=1S/C18H18F2N2O2.ClH/c1-11(24-15-4-5-16(19)17(20)7-15)18(23)22-8-12-2-3-13-9-21-10-14(13)6-12;/h2-7,11,21H,8-10H2,1H3,(H,22,23);1H.